The standard InChI is InChI=1S/C18H27ClN2O2/c1-4-6-11-20-18(23)14(3)21(17(22)8-5-2)13-15-9-7-10-16(19)12-15/h7,9-10,12,14H,4-6,8,11,13H2,1-3H3,(H,20,23)/t14-/m1/s1. The Morgan fingerprint density at radius 2 is 2.00 bits per heavy atom. The zero-order valence-corrected chi connectivity index (χ0v) is 15.0. The highest BCUT2D eigenvalue weighted by atomic mass is 35.5. The van der Waals surface area contributed by atoms with E-state index >= 15 is 0 Å². The van der Waals surface area contributed by atoms with Gasteiger partial charge in [0.15, 0.2) is 0 Å². The Hall–Kier alpha value is -1.55. The van der Waals surface area contributed by atoms with Gasteiger partial charge in [-0.2, -0.15) is 0 Å². The van der Waals surface area contributed by atoms with Crippen LogP contribution in [0.3, 0.4) is 0 Å². The molecule has 1 N–H and O–H groups in total. The molecule has 0 bridgehead atoms. The molecule has 0 fully saturated rings. The van der Waals surface area contributed by atoms with Crippen LogP contribution in [0.15, 0.2) is 24.3 Å². The zero-order chi connectivity index (χ0) is 17.2. The van der Waals surface area contributed by atoms with Crippen LogP contribution in [-0.4, -0.2) is 29.3 Å². The van der Waals surface area contributed by atoms with Crippen molar-refractivity contribution in [3.05, 3.63) is 34.9 Å². The summed E-state index contributed by atoms with van der Waals surface area (Å²) in [6.07, 6.45) is 3.16. The van der Waals surface area contributed by atoms with Gasteiger partial charge in [-0.3, -0.25) is 9.59 Å². The van der Waals surface area contributed by atoms with Crippen molar-refractivity contribution in [1.82, 2.24) is 10.2 Å². The Morgan fingerprint density at radius 1 is 1.26 bits per heavy atom. The molecule has 0 unspecified atom stereocenters. The van der Waals surface area contributed by atoms with Crippen LogP contribution in [-0.2, 0) is 16.1 Å². The van der Waals surface area contributed by atoms with Gasteiger partial charge < -0.3 is 10.2 Å². The monoisotopic (exact) mass is 338 g/mol. The van der Waals surface area contributed by atoms with E-state index in [1.165, 1.54) is 0 Å². The van der Waals surface area contributed by atoms with Crippen LogP contribution in [0.5, 0.6) is 0 Å². The first-order valence-electron chi connectivity index (χ1n) is 8.31. The van der Waals surface area contributed by atoms with Gasteiger partial charge in [-0.1, -0.05) is 44.0 Å². The fraction of sp³-hybridized carbons (Fsp3) is 0.556. The molecule has 1 aromatic rings. The van der Waals surface area contributed by atoms with Crippen LogP contribution in [0.4, 0.5) is 0 Å². The minimum Gasteiger partial charge on any atom is -0.354 e. The first-order valence-corrected chi connectivity index (χ1v) is 8.69. The number of nitrogens with one attached hydrogen (secondary N) is 1. The molecule has 1 aromatic carbocycles. The number of nitrogens with zero attached hydrogens (tertiary/aromatic N) is 1. The Kier molecular flexibility index (Phi) is 8.70. The topological polar surface area (TPSA) is 49.4 Å². The number of benzene rings is 1. The summed E-state index contributed by atoms with van der Waals surface area (Å²) in [5.41, 5.74) is 0.926. The Labute approximate surface area is 144 Å². The fourth-order valence-electron chi connectivity index (χ4n) is 2.31. The van der Waals surface area contributed by atoms with Gasteiger partial charge in [-0.25, -0.2) is 0 Å². The molecule has 1 atom stereocenters. The predicted octanol–water partition coefficient (Wildman–Crippen LogP) is 3.77. The van der Waals surface area contributed by atoms with Crippen molar-refractivity contribution in [1.29, 1.82) is 0 Å². The first kappa shape index (κ1) is 19.5. The largest absolute Gasteiger partial charge is 0.354 e. The van der Waals surface area contributed by atoms with E-state index in [0.717, 1.165) is 24.8 Å². The number of rotatable bonds is 9. The third-order valence-corrected chi connectivity index (χ3v) is 3.94. The second kappa shape index (κ2) is 10.3. The number of unbranched alkanes of at least 4 members (excludes halogenated alkanes) is 1. The van der Waals surface area contributed by atoms with Gasteiger partial charge in [-0.05, 0) is 37.5 Å². The Balaban J connectivity index is 2.82. The van der Waals surface area contributed by atoms with Crippen molar-refractivity contribution in [2.24, 2.45) is 0 Å². The summed E-state index contributed by atoms with van der Waals surface area (Å²) in [4.78, 5) is 26.4. The molecular formula is C18H27ClN2O2. The van der Waals surface area contributed by atoms with E-state index in [0.29, 0.717) is 24.5 Å². The highest BCUT2D eigenvalue weighted by molar-refractivity contribution is 6.30. The average molecular weight is 339 g/mol. The number of carbonyl (C=O) groups excluding carboxylic acids is 2. The maximum absolute atomic E-state index is 12.4. The minimum atomic E-state index is -0.495. The number of amides is 2. The summed E-state index contributed by atoms with van der Waals surface area (Å²) in [5.74, 6) is -0.115. The molecule has 0 heterocycles. The van der Waals surface area contributed by atoms with E-state index in [1.807, 2.05) is 25.1 Å². The van der Waals surface area contributed by atoms with Gasteiger partial charge >= 0.3 is 0 Å². The van der Waals surface area contributed by atoms with Gasteiger partial charge in [0.1, 0.15) is 6.04 Å². The van der Waals surface area contributed by atoms with Crippen molar-refractivity contribution in [2.75, 3.05) is 6.54 Å². The third kappa shape index (κ3) is 6.61. The van der Waals surface area contributed by atoms with Gasteiger partial charge in [0, 0.05) is 24.5 Å². The highest BCUT2D eigenvalue weighted by Crippen LogP contribution is 2.15. The summed E-state index contributed by atoms with van der Waals surface area (Å²) in [6, 6.07) is 6.90. The van der Waals surface area contributed by atoms with Crippen LogP contribution in [0.2, 0.25) is 5.02 Å². The van der Waals surface area contributed by atoms with Gasteiger partial charge in [0.25, 0.3) is 0 Å². The minimum absolute atomic E-state index is 0.00869. The van der Waals surface area contributed by atoms with Crippen LogP contribution in [0.25, 0.3) is 0 Å². The molecule has 128 valence electrons. The summed E-state index contributed by atoms with van der Waals surface area (Å²) in [6.45, 7) is 6.85. The summed E-state index contributed by atoms with van der Waals surface area (Å²) < 4.78 is 0. The maximum atomic E-state index is 12.4. The molecule has 5 heteroatoms. The van der Waals surface area contributed by atoms with Crippen molar-refractivity contribution in [3.8, 4) is 0 Å². The summed E-state index contributed by atoms with van der Waals surface area (Å²) in [5, 5.41) is 3.53. The van der Waals surface area contributed by atoms with E-state index in [9.17, 15) is 9.59 Å². The lowest BCUT2D eigenvalue weighted by Gasteiger charge is -2.29. The lowest BCUT2D eigenvalue weighted by atomic mass is 10.1. The van der Waals surface area contributed by atoms with E-state index in [2.05, 4.69) is 12.2 Å². The second-order valence-electron chi connectivity index (χ2n) is 5.72. The lowest BCUT2D eigenvalue weighted by Crippen LogP contribution is -2.47. The molecule has 0 radical (unpaired) electrons. The molecule has 4 nitrogen and oxygen atoms in total. The predicted molar refractivity (Wildman–Crippen MR) is 94.3 cm³/mol. The molecule has 0 spiro atoms. The van der Waals surface area contributed by atoms with Crippen LogP contribution < -0.4 is 5.32 Å². The molecule has 0 aliphatic carbocycles. The second-order valence-corrected chi connectivity index (χ2v) is 6.16. The number of carbonyl (C=O) groups is 2. The molecule has 23 heavy (non-hydrogen) atoms. The number of hydrogen-bond acceptors (Lipinski definition) is 2. The van der Waals surface area contributed by atoms with Crippen LogP contribution >= 0.6 is 11.6 Å². The number of halogens is 1. The third-order valence-electron chi connectivity index (χ3n) is 3.70. The summed E-state index contributed by atoms with van der Waals surface area (Å²) in [7, 11) is 0. The van der Waals surface area contributed by atoms with Crippen LogP contribution in [0, 0.1) is 0 Å². The quantitative estimate of drug-likeness (QED) is 0.697. The van der Waals surface area contributed by atoms with Gasteiger partial charge in [-0.15, -0.1) is 0 Å². The fourth-order valence-corrected chi connectivity index (χ4v) is 2.52. The zero-order valence-electron chi connectivity index (χ0n) is 14.3. The van der Waals surface area contributed by atoms with Gasteiger partial charge in [0.2, 0.25) is 11.8 Å². The first-order chi connectivity index (χ1) is 11.0. The maximum Gasteiger partial charge on any atom is 0.242 e. The van der Waals surface area contributed by atoms with Crippen molar-refractivity contribution in [3.63, 3.8) is 0 Å². The van der Waals surface area contributed by atoms with E-state index in [-0.39, 0.29) is 11.8 Å². The Bertz CT molecular complexity index is 519. The van der Waals surface area contributed by atoms with Crippen LogP contribution in [0.1, 0.15) is 52.0 Å². The molecular weight excluding hydrogens is 312 g/mol. The van der Waals surface area contributed by atoms with E-state index < -0.39 is 6.04 Å². The van der Waals surface area contributed by atoms with Crippen molar-refractivity contribution < 1.29 is 9.59 Å². The molecule has 0 saturated carbocycles. The molecule has 0 aromatic heterocycles. The molecule has 0 saturated heterocycles. The average Bonchev–Trinajstić information content (AvgIpc) is 2.52. The van der Waals surface area contributed by atoms with Crippen molar-refractivity contribution >= 4 is 23.4 Å². The van der Waals surface area contributed by atoms with Gasteiger partial charge in [0.05, 0.1) is 0 Å². The lowest BCUT2D eigenvalue weighted by molar-refractivity contribution is -0.140. The highest BCUT2D eigenvalue weighted by Gasteiger charge is 2.25. The smallest absolute Gasteiger partial charge is 0.242 e. The van der Waals surface area contributed by atoms with Crippen molar-refractivity contribution in [2.45, 2.75) is 59.0 Å². The van der Waals surface area contributed by atoms with E-state index in [1.54, 1.807) is 17.9 Å². The van der Waals surface area contributed by atoms with E-state index in [4.69, 9.17) is 11.6 Å². The molecule has 1 rings (SSSR count). The Morgan fingerprint density at radius 3 is 2.61 bits per heavy atom. The molecule has 0 aliphatic heterocycles. The SMILES string of the molecule is CCCCNC(=O)[C@@H](C)N(Cc1cccc(Cl)c1)C(=O)CCC. The summed E-state index contributed by atoms with van der Waals surface area (Å²) >= 11 is 6.01. The molecule has 0 aliphatic rings. The normalized spacial score (nSPS) is 11.8. The number of hydrogen-bond donors (Lipinski definition) is 1. The molecule has 2 amide bonds.